The zero-order valence-electron chi connectivity index (χ0n) is 28.0. The molecule has 0 aliphatic carbocycles. The molecule has 1 atom stereocenters. The fourth-order valence-corrected chi connectivity index (χ4v) is 15.4. The third-order valence-electron chi connectivity index (χ3n) is 9.16. The van der Waals surface area contributed by atoms with Crippen molar-refractivity contribution < 1.29 is 31.4 Å². The monoisotopic (exact) mass is 710 g/mol. The van der Waals surface area contributed by atoms with Gasteiger partial charge in [0.25, 0.3) is 10.0 Å². The van der Waals surface area contributed by atoms with E-state index in [2.05, 4.69) is 50.8 Å². The van der Waals surface area contributed by atoms with Gasteiger partial charge in [0.15, 0.2) is 8.24 Å². The van der Waals surface area contributed by atoms with Gasteiger partial charge in [-0.3, -0.25) is 4.98 Å². The number of anilines is 1. The zero-order valence-corrected chi connectivity index (χ0v) is 30.6. The zero-order chi connectivity index (χ0) is 35.2. The quantitative estimate of drug-likeness (QED) is 0.124. The Morgan fingerprint density at radius 1 is 0.979 bits per heavy atom. The predicted molar refractivity (Wildman–Crippen MR) is 182 cm³/mol. The molecule has 4 rings (SSSR count). The van der Waals surface area contributed by atoms with Crippen LogP contribution < -0.4 is 4.31 Å². The Hall–Kier alpha value is -2.97. The minimum Gasteiger partial charge on any atom is -0.382 e. The molecule has 0 radical (unpaired) electrons. The first kappa shape index (κ1) is 36.9. The third-order valence-corrected chi connectivity index (χ3v) is 17.8. The summed E-state index contributed by atoms with van der Waals surface area (Å²) in [4.78, 5) is 8.61. The summed E-state index contributed by atoms with van der Waals surface area (Å²) in [7, 11) is -5.68. The summed E-state index contributed by atoms with van der Waals surface area (Å²) in [5, 5.41) is 12.8. The number of aromatic nitrogens is 3. The van der Waals surface area contributed by atoms with E-state index in [9.17, 15) is 26.7 Å². The fourth-order valence-electron chi connectivity index (χ4n) is 7.28. The fraction of sp³-hybridized carbons (Fsp3) is 0.455. The molecule has 0 aliphatic heterocycles. The predicted octanol–water partition coefficient (Wildman–Crippen LogP) is 8.62. The summed E-state index contributed by atoms with van der Waals surface area (Å²) in [6.07, 6.45) is -1.24. The number of hydrogen-bond acceptors (Lipinski definition) is 6. The molecule has 0 bridgehead atoms. The van der Waals surface area contributed by atoms with Gasteiger partial charge in [0, 0.05) is 30.5 Å². The first-order chi connectivity index (χ1) is 21.8. The van der Waals surface area contributed by atoms with Crippen molar-refractivity contribution in [2.24, 2.45) is 0 Å². The summed E-state index contributed by atoms with van der Waals surface area (Å²) < 4.78 is 77.7. The molecule has 3 aromatic heterocycles. The van der Waals surface area contributed by atoms with E-state index < -0.39 is 47.7 Å². The molecule has 0 aliphatic rings. The van der Waals surface area contributed by atoms with E-state index in [1.165, 1.54) is 26.3 Å². The van der Waals surface area contributed by atoms with E-state index in [1.54, 1.807) is 13.1 Å². The molecule has 0 fully saturated rings. The van der Waals surface area contributed by atoms with Gasteiger partial charge >= 0.3 is 6.18 Å². The second-order valence-corrected chi connectivity index (χ2v) is 20.9. The van der Waals surface area contributed by atoms with Crippen LogP contribution in [0.2, 0.25) is 21.6 Å². The second kappa shape index (κ2) is 13.5. The first-order valence-electron chi connectivity index (χ1n) is 15.3. The van der Waals surface area contributed by atoms with Crippen molar-refractivity contribution in [3.8, 4) is 0 Å². The van der Waals surface area contributed by atoms with Crippen LogP contribution in [-0.4, -0.2) is 49.8 Å². The molecule has 3 heterocycles. The first-order valence-corrected chi connectivity index (χ1v) is 19.3. The molecule has 256 valence electrons. The van der Waals surface area contributed by atoms with E-state index >= 15 is 0 Å². The lowest BCUT2D eigenvalue weighted by Gasteiger charge is -2.44. The minimum absolute atomic E-state index is 0.0523. The smallest absolute Gasteiger partial charge is 0.382 e. The number of aryl methyl sites for hydroxylation is 2. The molecule has 0 saturated carbocycles. The number of ether oxygens (including phenoxy) is 1. The van der Waals surface area contributed by atoms with Crippen LogP contribution in [0.4, 0.5) is 18.9 Å². The number of rotatable bonds is 11. The largest absolute Gasteiger partial charge is 0.416 e. The highest BCUT2D eigenvalue weighted by molar-refractivity contribution is 7.92. The van der Waals surface area contributed by atoms with Crippen molar-refractivity contribution >= 4 is 46.6 Å². The van der Waals surface area contributed by atoms with Crippen LogP contribution in [0.3, 0.4) is 0 Å². The van der Waals surface area contributed by atoms with Crippen molar-refractivity contribution in [1.29, 1.82) is 0 Å². The SMILES string of the molecule is COCN(c1cc(Cl)cnc1C(O)c1c(C)cnc2c1ccn2[Si](C(C)C)(C(C)C)C(C)C)S(=O)(=O)c1ccc(C)c(C(F)(F)F)c1. The Balaban J connectivity index is 1.96. The number of hydrogen-bond donors (Lipinski definition) is 1. The average molecular weight is 711 g/mol. The molecule has 0 saturated heterocycles. The maximum Gasteiger partial charge on any atom is 0.416 e. The van der Waals surface area contributed by atoms with Gasteiger partial charge in [-0.05, 0) is 72.1 Å². The third kappa shape index (κ3) is 6.44. The Kier molecular flexibility index (Phi) is 10.6. The van der Waals surface area contributed by atoms with Crippen LogP contribution in [0.15, 0.2) is 53.8 Å². The van der Waals surface area contributed by atoms with Crippen LogP contribution in [0.1, 0.15) is 75.6 Å². The van der Waals surface area contributed by atoms with Gasteiger partial charge in [-0.1, -0.05) is 59.2 Å². The Morgan fingerprint density at radius 2 is 1.60 bits per heavy atom. The van der Waals surface area contributed by atoms with Crippen molar-refractivity contribution in [3.05, 3.63) is 81.9 Å². The number of methoxy groups -OCH3 is 1. The van der Waals surface area contributed by atoms with E-state index in [0.29, 0.717) is 44.9 Å². The number of pyridine rings is 2. The lowest BCUT2D eigenvalue weighted by atomic mass is 9.98. The van der Waals surface area contributed by atoms with E-state index in [1.807, 2.05) is 12.3 Å². The maximum atomic E-state index is 14.0. The lowest BCUT2D eigenvalue weighted by molar-refractivity contribution is -0.138. The van der Waals surface area contributed by atoms with Gasteiger partial charge in [-0.25, -0.2) is 17.7 Å². The Bertz CT molecular complexity index is 1860. The van der Waals surface area contributed by atoms with Crippen LogP contribution in [0.25, 0.3) is 11.0 Å². The Morgan fingerprint density at radius 3 is 2.15 bits per heavy atom. The molecule has 0 amide bonds. The summed E-state index contributed by atoms with van der Waals surface area (Å²) in [6.45, 7) is 15.9. The van der Waals surface area contributed by atoms with Crippen LogP contribution >= 0.6 is 11.6 Å². The van der Waals surface area contributed by atoms with Gasteiger partial charge in [0.2, 0.25) is 0 Å². The van der Waals surface area contributed by atoms with Crippen LogP contribution in [-0.2, 0) is 20.9 Å². The van der Waals surface area contributed by atoms with Crippen molar-refractivity contribution in [2.75, 3.05) is 18.1 Å². The number of sulfonamides is 1. The minimum atomic E-state index is -4.78. The molecule has 1 N–H and O–H groups in total. The highest BCUT2D eigenvalue weighted by Gasteiger charge is 2.46. The summed E-state index contributed by atoms with van der Waals surface area (Å²) >= 11 is 6.32. The number of halogens is 4. The molecular weight excluding hydrogens is 669 g/mol. The molecule has 47 heavy (non-hydrogen) atoms. The number of benzene rings is 1. The van der Waals surface area contributed by atoms with E-state index in [-0.39, 0.29) is 22.0 Å². The van der Waals surface area contributed by atoms with Gasteiger partial charge in [-0.2, -0.15) is 13.2 Å². The van der Waals surface area contributed by atoms with Gasteiger partial charge in [0.05, 0.1) is 26.9 Å². The topological polar surface area (TPSA) is 97.6 Å². The number of fused-ring (bicyclic) bond motifs is 1. The molecule has 14 heteroatoms. The van der Waals surface area contributed by atoms with E-state index in [4.69, 9.17) is 21.3 Å². The van der Waals surface area contributed by atoms with Crippen LogP contribution in [0, 0.1) is 13.8 Å². The van der Waals surface area contributed by atoms with Crippen molar-refractivity contribution in [1.82, 2.24) is 14.2 Å². The average Bonchev–Trinajstić information content (AvgIpc) is 3.38. The summed E-state index contributed by atoms with van der Waals surface area (Å²) in [6, 6.07) is 6.02. The summed E-state index contributed by atoms with van der Waals surface area (Å²) in [5.74, 6) is 0. The highest BCUT2D eigenvalue weighted by Crippen LogP contribution is 2.45. The Labute approximate surface area is 280 Å². The van der Waals surface area contributed by atoms with E-state index in [0.717, 1.165) is 16.4 Å². The van der Waals surface area contributed by atoms with Gasteiger partial charge in [0.1, 0.15) is 18.5 Å². The number of aliphatic hydroxyl groups is 1. The van der Waals surface area contributed by atoms with Crippen molar-refractivity contribution in [2.45, 2.75) is 89.2 Å². The van der Waals surface area contributed by atoms with Crippen LogP contribution in [0.5, 0.6) is 0 Å². The molecule has 1 unspecified atom stereocenters. The number of aliphatic hydroxyl groups excluding tert-OH is 1. The second-order valence-electron chi connectivity index (χ2n) is 12.8. The summed E-state index contributed by atoms with van der Waals surface area (Å²) in [5.41, 5.74) is 1.52. The molecule has 1 aromatic carbocycles. The van der Waals surface area contributed by atoms with Gasteiger partial charge in [-0.15, -0.1) is 0 Å². The molecule has 4 aromatic rings. The molecule has 8 nitrogen and oxygen atoms in total. The number of alkyl halides is 3. The lowest BCUT2D eigenvalue weighted by Crippen LogP contribution is -2.51. The maximum absolute atomic E-state index is 14.0. The number of nitrogens with zero attached hydrogens (tertiary/aromatic N) is 4. The molecular formula is C33H42ClF3N4O4SSi. The standard InChI is InChI=1S/C33H42ClF3N4O4SSi/c1-19(2)47(20(3)4,21(5)6)41-13-12-26-29(23(8)16-39-32(26)41)31(42)30-28(14-24(34)17-38-30)40(18-45-9)46(43,44)25-11-10-22(7)27(15-25)33(35,36)37/h10-17,19-21,31,42H,18H2,1-9H3. The van der Waals surface area contributed by atoms with Gasteiger partial charge < -0.3 is 14.1 Å². The highest BCUT2D eigenvalue weighted by atomic mass is 35.5. The molecule has 0 spiro atoms. The van der Waals surface area contributed by atoms with Crippen molar-refractivity contribution in [3.63, 3.8) is 0 Å². The normalized spacial score (nSPS) is 13.7.